The van der Waals surface area contributed by atoms with E-state index < -0.39 is 28.3 Å². The summed E-state index contributed by atoms with van der Waals surface area (Å²) in [4.78, 5) is 12.5. The summed E-state index contributed by atoms with van der Waals surface area (Å²) in [5.74, 6) is -0.757. The van der Waals surface area contributed by atoms with Gasteiger partial charge in [0.2, 0.25) is 5.91 Å². The first-order chi connectivity index (χ1) is 14.4. The van der Waals surface area contributed by atoms with E-state index in [1.54, 1.807) is 24.3 Å². The maximum atomic E-state index is 13.3. The average molecular weight is 428 g/mol. The fraction of sp³-hybridized carbons (Fsp3) is 0.136. The third-order valence-electron chi connectivity index (χ3n) is 4.38. The number of benzene rings is 3. The normalized spacial score (nSPS) is 11.0. The second kappa shape index (κ2) is 9.41. The van der Waals surface area contributed by atoms with Gasteiger partial charge in [-0.25, -0.2) is 12.8 Å². The Labute approximate surface area is 175 Å². The number of nitrogens with zero attached hydrogens (tertiary/aromatic N) is 1. The van der Waals surface area contributed by atoms with Crippen LogP contribution in [0.5, 0.6) is 5.75 Å². The van der Waals surface area contributed by atoms with Crippen molar-refractivity contribution in [2.75, 3.05) is 18.0 Å². The molecule has 1 amide bonds. The quantitative estimate of drug-likeness (QED) is 0.597. The van der Waals surface area contributed by atoms with Gasteiger partial charge in [0.25, 0.3) is 10.0 Å². The standard InChI is InChI=1S/C22H21FN2O4S/c1-29-21-10-6-5-9-20(21)25(30(27,28)19-13-11-18(23)12-14-19)16-22(26)24-15-17-7-3-2-4-8-17/h2-14H,15-16H2,1H3,(H,24,26). The number of halogens is 1. The highest BCUT2D eigenvalue weighted by Gasteiger charge is 2.29. The molecule has 0 aromatic heterocycles. The molecule has 8 heteroatoms. The number of rotatable bonds is 8. The van der Waals surface area contributed by atoms with Gasteiger partial charge in [0.05, 0.1) is 17.7 Å². The Balaban J connectivity index is 1.91. The van der Waals surface area contributed by atoms with Crippen molar-refractivity contribution in [1.82, 2.24) is 5.32 Å². The number of carbonyl (C=O) groups is 1. The molecule has 30 heavy (non-hydrogen) atoms. The zero-order valence-electron chi connectivity index (χ0n) is 16.3. The molecular weight excluding hydrogens is 407 g/mol. The van der Waals surface area contributed by atoms with E-state index in [1.807, 2.05) is 30.3 Å². The number of anilines is 1. The van der Waals surface area contributed by atoms with E-state index in [0.717, 1.165) is 34.1 Å². The summed E-state index contributed by atoms with van der Waals surface area (Å²) in [5, 5.41) is 2.72. The summed E-state index contributed by atoms with van der Waals surface area (Å²) >= 11 is 0. The summed E-state index contributed by atoms with van der Waals surface area (Å²) < 4.78 is 46.1. The minimum atomic E-state index is -4.16. The van der Waals surface area contributed by atoms with Crippen molar-refractivity contribution in [1.29, 1.82) is 0 Å². The highest BCUT2D eigenvalue weighted by Crippen LogP contribution is 2.32. The number of methoxy groups -OCH3 is 1. The molecule has 0 bridgehead atoms. The molecule has 0 saturated carbocycles. The number of amides is 1. The Morgan fingerprint density at radius 1 is 0.967 bits per heavy atom. The van der Waals surface area contributed by atoms with Crippen molar-refractivity contribution < 1.29 is 22.3 Å². The Kier molecular flexibility index (Phi) is 6.68. The smallest absolute Gasteiger partial charge is 0.264 e. The van der Waals surface area contributed by atoms with Crippen molar-refractivity contribution in [2.24, 2.45) is 0 Å². The summed E-state index contributed by atoms with van der Waals surface area (Å²) in [5.41, 5.74) is 1.09. The molecule has 0 unspecified atom stereocenters. The van der Waals surface area contributed by atoms with Crippen LogP contribution in [0.3, 0.4) is 0 Å². The molecule has 3 aromatic carbocycles. The van der Waals surface area contributed by atoms with Crippen molar-refractivity contribution in [3.05, 3.63) is 90.2 Å². The zero-order chi connectivity index (χ0) is 21.6. The van der Waals surface area contributed by atoms with E-state index in [2.05, 4.69) is 5.32 Å². The van der Waals surface area contributed by atoms with Crippen LogP contribution in [0.4, 0.5) is 10.1 Å². The van der Waals surface area contributed by atoms with E-state index in [9.17, 15) is 17.6 Å². The molecular formula is C22H21FN2O4S. The van der Waals surface area contributed by atoms with Gasteiger partial charge < -0.3 is 10.1 Å². The lowest BCUT2D eigenvalue weighted by atomic mass is 10.2. The average Bonchev–Trinajstić information content (AvgIpc) is 2.77. The van der Waals surface area contributed by atoms with Crippen molar-refractivity contribution >= 4 is 21.6 Å². The molecule has 1 N–H and O–H groups in total. The van der Waals surface area contributed by atoms with Crippen LogP contribution in [0.1, 0.15) is 5.56 Å². The Hall–Kier alpha value is -3.39. The van der Waals surface area contributed by atoms with Gasteiger partial charge in [-0.15, -0.1) is 0 Å². The summed E-state index contributed by atoms with van der Waals surface area (Å²) in [7, 11) is -2.74. The van der Waals surface area contributed by atoms with Crippen LogP contribution in [0.25, 0.3) is 0 Å². The summed E-state index contributed by atoms with van der Waals surface area (Å²) in [6, 6.07) is 20.2. The Morgan fingerprint density at radius 3 is 2.27 bits per heavy atom. The topological polar surface area (TPSA) is 75.7 Å². The lowest BCUT2D eigenvalue weighted by Crippen LogP contribution is -2.40. The van der Waals surface area contributed by atoms with Gasteiger partial charge in [-0.3, -0.25) is 9.10 Å². The van der Waals surface area contributed by atoms with Crippen LogP contribution in [-0.2, 0) is 21.4 Å². The number of sulfonamides is 1. The first-order valence-electron chi connectivity index (χ1n) is 9.14. The third kappa shape index (κ3) is 4.96. The molecule has 0 aliphatic carbocycles. The maximum Gasteiger partial charge on any atom is 0.264 e. The maximum absolute atomic E-state index is 13.3. The van der Waals surface area contributed by atoms with Crippen LogP contribution in [0, 0.1) is 5.82 Å². The molecule has 0 spiro atoms. The first kappa shape index (κ1) is 21.3. The SMILES string of the molecule is COc1ccccc1N(CC(=O)NCc1ccccc1)S(=O)(=O)c1ccc(F)cc1. The van der Waals surface area contributed by atoms with E-state index in [0.29, 0.717) is 5.75 Å². The molecule has 0 saturated heterocycles. The lowest BCUT2D eigenvalue weighted by Gasteiger charge is -2.25. The fourth-order valence-corrected chi connectivity index (χ4v) is 4.28. The van der Waals surface area contributed by atoms with Gasteiger partial charge in [-0.05, 0) is 42.0 Å². The van der Waals surface area contributed by atoms with Gasteiger partial charge in [0.15, 0.2) is 0 Å². The molecule has 3 aromatic rings. The molecule has 0 aliphatic rings. The minimum Gasteiger partial charge on any atom is -0.495 e. The highest BCUT2D eigenvalue weighted by molar-refractivity contribution is 7.92. The van der Waals surface area contributed by atoms with E-state index in [-0.39, 0.29) is 17.1 Å². The number of hydrogen-bond acceptors (Lipinski definition) is 4. The molecule has 156 valence electrons. The van der Waals surface area contributed by atoms with Crippen LogP contribution < -0.4 is 14.4 Å². The van der Waals surface area contributed by atoms with Gasteiger partial charge >= 0.3 is 0 Å². The van der Waals surface area contributed by atoms with Crippen molar-refractivity contribution in [3.8, 4) is 5.75 Å². The number of carbonyl (C=O) groups excluding carboxylic acids is 1. The molecule has 0 atom stereocenters. The number of ether oxygens (including phenoxy) is 1. The first-order valence-corrected chi connectivity index (χ1v) is 10.6. The van der Waals surface area contributed by atoms with Gasteiger partial charge in [0.1, 0.15) is 18.1 Å². The second-order valence-corrected chi connectivity index (χ2v) is 8.26. The monoisotopic (exact) mass is 428 g/mol. The van der Waals surface area contributed by atoms with Crippen molar-refractivity contribution in [3.63, 3.8) is 0 Å². The molecule has 0 radical (unpaired) electrons. The molecule has 0 fully saturated rings. The van der Waals surface area contributed by atoms with Crippen molar-refractivity contribution in [2.45, 2.75) is 11.4 Å². The third-order valence-corrected chi connectivity index (χ3v) is 6.15. The van der Waals surface area contributed by atoms with Crippen LogP contribution in [0.15, 0.2) is 83.8 Å². The minimum absolute atomic E-state index is 0.134. The Morgan fingerprint density at radius 2 is 1.60 bits per heavy atom. The Bertz CT molecular complexity index is 1100. The number of para-hydroxylation sites is 2. The molecule has 6 nitrogen and oxygen atoms in total. The highest BCUT2D eigenvalue weighted by atomic mass is 32.2. The van der Waals surface area contributed by atoms with Crippen LogP contribution >= 0.6 is 0 Å². The number of nitrogens with one attached hydrogen (secondary N) is 1. The summed E-state index contributed by atoms with van der Waals surface area (Å²) in [6.45, 7) is -0.205. The van der Waals surface area contributed by atoms with Gasteiger partial charge in [-0.1, -0.05) is 42.5 Å². The van der Waals surface area contributed by atoms with E-state index >= 15 is 0 Å². The second-order valence-electron chi connectivity index (χ2n) is 6.40. The van der Waals surface area contributed by atoms with Gasteiger partial charge in [0, 0.05) is 6.54 Å². The molecule has 0 heterocycles. The zero-order valence-corrected chi connectivity index (χ0v) is 17.1. The summed E-state index contributed by atoms with van der Waals surface area (Å²) in [6.07, 6.45) is 0. The molecule has 0 aliphatic heterocycles. The van der Waals surface area contributed by atoms with E-state index in [4.69, 9.17) is 4.74 Å². The largest absolute Gasteiger partial charge is 0.495 e. The molecule has 3 rings (SSSR count). The number of hydrogen-bond donors (Lipinski definition) is 1. The fourth-order valence-electron chi connectivity index (χ4n) is 2.85. The lowest BCUT2D eigenvalue weighted by molar-refractivity contribution is -0.119. The van der Waals surface area contributed by atoms with Crippen LogP contribution in [0.2, 0.25) is 0 Å². The van der Waals surface area contributed by atoms with E-state index in [1.165, 1.54) is 7.11 Å². The van der Waals surface area contributed by atoms with Gasteiger partial charge in [-0.2, -0.15) is 0 Å². The predicted molar refractivity (Wildman–Crippen MR) is 112 cm³/mol. The predicted octanol–water partition coefficient (Wildman–Crippen LogP) is 3.35. The van der Waals surface area contributed by atoms with Crippen LogP contribution in [-0.4, -0.2) is 28.0 Å².